The fourth-order valence-corrected chi connectivity index (χ4v) is 3.08. The van der Waals surface area contributed by atoms with Gasteiger partial charge in [0.15, 0.2) is 0 Å². The molecule has 1 N–H and O–H groups in total. The number of nitrogens with one attached hydrogen (secondary N) is 1. The summed E-state index contributed by atoms with van der Waals surface area (Å²) in [4.78, 5) is 12.2. The number of hydrogen-bond acceptors (Lipinski definition) is 3. The predicted molar refractivity (Wildman–Crippen MR) is 90.1 cm³/mol. The van der Waals surface area contributed by atoms with E-state index < -0.39 is 0 Å². The third-order valence-electron chi connectivity index (χ3n) is 4.35. The van der Waals surface area contributed by atoms with E-state index in [-0.39, 0.29) is 5.91 Å². The maximum atomic E-state index is 12.2. The molecule has 0 atom stereocenters. The molecule has 1 aromatic carbocycles. The van der Waals surface area contributed by atoms with Gasteiger partial charge in [-0.1, -0.05) is 0 Å². The number of carbonyl (C=O) groups is 1. The highest BCUT2D eigenvalue weighted by molar-refractivity contribution is 5.94. The number of aromatic nitrogens is 4. The van der Waals surface area contributed by atoms with Crippen molar-refractivity contribution >= 4 is 5.91 Å². The fourth-order valence-electron chi connectivity index (χ4n) is 3.08. The van der Waals surface area contributed by atoms with Gasteiger partial charge in [0.05, 0.1) is 0 Å². The smallest absolute Gasteiger partial charge is 0.251 e. The summed E-state index contributed by atoms with van der Waals surface area (Å²) in [5.74, 6) is 1.97. The van der Waals surface area contributed by atoms with Crippen molar-refractivity contribution < 1.29 is 4.79 Å². The Bertz CT molecular complexity index is 833. The number of hydrogen-bond donors (Lipinski definition) is 1. The second-order valence-electron chi connectivity index (χ2n) is 5.93. The van der Waals surface area contributed by atoms with Gasteiger partial charge in [0, 0.05) is 49.6 Å². The molecule has 3 heterocycles. The predicted octanol–water partition coefficient (Wildman–Crippen LogP) is 1.99. The van der Waals surface area contributed by atoms with Crippen molar-refractivity contribution in [1.82, 2.24) is 24.6 Å². The van der Waals surface area contributed by atoms with E-state index in [1.165, 1.54) is 0 Å². The maximum Gasteiger partial charge on any atom is 0.251 e. The number of aryl methyl sites for hydroxylation is 1. The van der Waals surface area contributed by atoms with E-state index in [1.807, 2.05) is 53.4 Å². The Morgan fingerprint density at radius 1 is 1.12 bits per heavy atom. The average Bonchev–Trinajstić information content (AvgIpc) is 3.34. The number of amides is 1. The Morgan fingerprint density at radius 3 is 2.71 bits per heavy atom. The number of nitrogens with zero attached hydrogens (tertiary/aromatic N) is 4. The summed E-state index contributed by atoms with van der Waals surface area (Å²) in [6.45, 7) is 1.56. The molecule has 1 aliphatic heterocycles. The van der Waals surface area contributed by atoms with Crippen LogP contribution in [-0.2, 0) is 19.4 Å². The van der Waals surface area contributed by atoms with E-state index in [2.05, 4.69) is 20.1 Å². The lowest BCUT2D eigenvalue weighted by atomic mass is 10.2. The number of rotatable bonds is 5. The van der Waals surface area contributed by atoms with E-state index in [0.717, 1.165) is 36.7 Å². The quantitative estimate of drug-likeness (QED) is 0.781. The molecular weight excluding hydrogens is 302 g/mol. The first-order valence-electron chi connectivity index (χ1n) is 8.24. The second-order valence-corrected chi connectivity index (χ2v) is 5.93. The topological polar surface area (TPSA) is 64.7 Å². The van der Waals surface area contributed by atoms with Gasteiger partial charge in [-0.25, -0.2) is 0 Å². The lowest BCUT2D eigenvalue weighted by Crippen LogP contribution is -2.26. The molecule has 0 saturated carbocycles. The summed E-state index contributed by atoms with van der Waals surface area (Å²) in [7, 11) is 0. The van der Waals surface area contributed by atoms with Crippen LogP contribution >= 0.6 is 0 Å². The van der Waals surface area contributed by atoms with Gasteiger partial charge in [-0.05, 0) is 42.8 Å². The third kappa shape index (κ3) is 2.82. The van der Waals surface area contributed by atoms with Gasteiger partial charge >= 0.3 is 0 Å². The molecule has 0 fully saturated rings. The fraction of sp³-hybridized carbons (Fsp3) is 0.278. The van der Waals surface area contributed by atoms with Crippen LogP contribution < -0.4 is 5.32 Å². The van der Waals surface area contributed by atoms with Crippen LogP contribution in [0.25, 0.3) is 5.69 Å². The number of benzene rings is 1. The average molecular weight is 321 g/mol. The third-order valence-corrected chi connectivity index (χ3v) is 4.35. The van der Waals surface area contributed by atoms with Gasteiger partial charge in [-0.3, -0.25) is 4.79 Å². The van der Waals surface area contributed by atoms with Crippen LogP contribution in [0.1, 0.15) is 28.4 Å². The molecule has 3 aromatic rings. The molecule has 2 aromatic heterocycles. The molecule has 1 amide bonds. The first-order valence-corrected chi connectivity index (χ1v) is 8.24. The highest BCUT2D eigenvalue weighted by atomic mass is 16.1. The first kappa shape index (κ1) is 14.7. The summed E-state index contributed by atoms with van der Waals surface area (Å²) in [5, 5.41) is 11.3. The molecule has 0 radical (unpaired) electrons. The summed E-state index contributed by atoms with van der Waals surface area (Å²) < 4.78 is 4.17. The highest BCUT2D eigenvalue weighted by Crippen LogP contribution is 2.14. The van der Waals surface area contributed by atoms with Crippen molar-refractivity contribution in [2.45, 2.75) is 25.8 Å². The largest absolute Gasteiger partial charge is 0.352 e. The molecular formula is C18H19N5O. The van der Waals surface area contributed by atoms with Crippen molar-refractivity contribution in [2.75, 3.05) is 6.54 Å². The molecule has 122 valence electrons. The van der Waals surface area contributed by atoms with Crippen LogP contribution in [-0.4, -0.2) is 31.8 Å². The van der Waals surface area contributed by atoms with E-state index in [4.69, 9.17) is 0 Å². The molecule has 1 aliphatic rings. The maximum absolute atomic E-state index is 12.2. The second kappa shape index (κ2) is 6.31. The SMILES string of the molecule is O=C(NCCc1nnc2n1CCC2)c1ccc(-n2cccc2)cc1. The lowest BCUT2D eigenvalue weighted by molar-refractivity contribution is 0.0954. The molecule has 4 rings (SSSR count). The zero-order valence-corrected chi connectivity index (χ0v) is 13.4. The molecule has 6 heteroatoms. The van der Waals surface area contributed by atoms with Crippen LogP contribution in [0.4, 0.5) is 0 Å². The Balaban J connectivity index is 1.34. The van der Waals surface area contributed by atoms with Gasteiger partial charge in [0.1, 0.15) is 11.6 Å². The minimum atomic E-state index is -0.0600. The van der Waals surface area contributed by atoms with Crippen LogP contribution in [0.5, 0.6) is 0 Å². The molecule has 0 saturated heterocycles. The molecule has 0 bridgehead atoms. The van der Waals surface area contributed by atoms with Crippen molar-refractivity contribution in [3.63, 3.8) is 0 Å². The Kier molecular flexibility index (Phi) is 3.86. The van der Waals surface area contributed by atoms with Crippen molar-refractivity contribution in [2.24, 2.45) is 0 Å². The zero-order chi connectivity index (χ0) is 16.4. The van der Waals surface area contributed by atoms with Gasteiger partial charge in [-0.15, -0.1) is 10.2 Å². The van der Waals surface area contributed by atoms with Crippen molar-refractivity contribution in [3.8, 4) is 5.69 Å². The molecule has 6 nitrogen and oxygen atoms in total. The Hall–Kier alpha value is -2.89. The minimum absolute atomic E-state index is 0.0600. The van der Waals surface area contributed by atoms with Crippen molar-refractivity contribution in [3.05, 3.63) is 66.0 Å². The van der Waals surface area contributed by atoms with Gasteiger partial charge in [-0.2, -0.15) is 0 Å². The summed E-state index contributed by atoms with van der Waals surface area (Å²) in [6.07, 6.45) is 6.81. The Morgan fingerprint density at radius 2 is 1.92 bits per heavy atom. The Labute approximate surface area is 140 Å². The summed E-state index contributed by atoms with van der Waals surface area (Å²) >= 11 is 0. The van der Waals surface area contributed by atoms with Crippen LogP contribution in [0.3, 0.4) is 0 Å². The van der Waals surface area contributed by atoms with E-state index in [9.17, 15) is 4.79 Å². The standard InChI is InChI=1S/C18H19N5O/c24-18(14-5-7-15(8-6-14)22-11-1-2-12-22)19-10-9-17-21-20-16-4-3-13-23(16)17/h1-2,5-8,11-12H,3-4,9-10,13H2,(H,19,24). The van der Waals surface area contributed by atoms with E-state index in [0.29, 0.717) is 18.5 Å². The molecule has 24 heavy (non-hydrogen) atoms. The molecule has 0 spiro atoms. The summed E-state index contributed by atoms with van der Waals surface area (Å²) in [5.41, 5.74) is 1.70. The normalized spacial score (nSPS) is 13.0. The minimum Gasteiger partial charge on any atom is -0.352 e. The van der Waals surface area contributed by atoms with Gasteiger partial charge in [0.25, 0.3) is 5.91 Å². The van der Waals surface area contributed by atoms with Crippen LogP contribution in [0.15, 0.2) is 48.8 Å². The molecule has 0 unspecified atom stereocenters. The van der Waals surface area contributed by atoms with Crippen molar-refractivity contribution in [1.29, 1.82) is 0 Å². The summed E-state index contributed by atoms with van der Waals surface area (Å²) in [6, 6.07) is 11.5. The highest BCUT2D eigenvalue weighted by Gasteiger charge is 2.17. The number of fused-ring (bicyclic) bond motifs is 1. The number of carbonyl (C=O) groups excluding carboxylic acids is 1. The zero-order valence-electron chi connectivity index (χ0n) is 13.4. The van der Waals surface area contributed by atoms with Gasteiger partial charge in [0.2, 0.25) is 0 Å². The van der Waals surface area contributed by atoms with E-state index in [1.54, 1.807) is 0 Å². The first-order chi connectivity index (χ1) is 11.8. The van der Waals surface area contributed by atoms with Crippen LogP contribution in [0, 0.1) is 0 Å². The molecule has 0 aliphatic carbocycles. The van der Waals surface area contributed by atoms with Crippen LogP contribution in [0.2, 0.25) is 0 Å². The van der Waals surface area contributed by atoms with E-state index >= 15 is 0 Å². The monoisotopic (exact) mass is 321 g/mol. The van der Waals surface area contributed by atoms with Gasteiger partial charge < -0.3 is 14.5 Å². The lowest BCUT2D eigenvalue weighted by Gasteiger charge is -2.07.